The SMILES string of the molecule is CCC(=O)CNC(N)=S. The van der Waals surface area contributed by atoms with E-state index in [2.05, 4.69) is 17.5 Å². The van der Waals surface area contributed by atoms with Crippen molar-refractivity contribution in [3.63, 3.8) is 0 Å². The van der Waals surface area contributed by atoms with Crippen molar-refractivity contribution >= 4 is 23.1 Å². The summed E-state index contributed by atoms with van der Waals surface area (Å²) in [7, 11) is 0. The predicted molar refractivity (Wildman–Crippen MR) is 40.1 cm³/mol. The number of rotatable bonds is 3. The Morgan fingerprint density at radius 2 is 2.33 bits per heavy atom. The Hall–Kier alpha value is -0.640. The molecular weight excluding hydrogens is 136 g/mol. The van der Waals surface area contributed by atoms with Gasteiger partial charge in [0.15, 0.2) is 10.9 Å². The summed E-state index contributed by atoms with van der Waals surface area (Å²) >= 11 is 4.48. The van der Waals surface area contributed by atoms with Gasteiger partial charge >= 0.3 is 0 Å². The van der Waals surface area contributed by atoms with Crippen LogP contribution < -0.4 is 11.1 Å². The molecular formula is C5H10N2OS. The van der Waals surface area contributed by atoms with Gasteiger partial charge in [-0.15, -0.1) is 0 Å². The molecule has 0 bridgehead atoms. The van der Waals surface area contributed by atoms with Crippen LogP contribution in [0.5, 0.6) is 0 Å². The van der Waals surface area contributed by atoms with E-state index in [-0.39, 0.29) is 17.4 Å². The van der Waals surface area contributed by atoms with Gasteiger partial charge in [0.2, 0.25) is 0 Å². The van der Waals surface area contributed by atoms with Gasteiger partial charge < -0.3 is 11.1 Å². The summed E-state index contributed by atoms with van der Waals surface area (Å²) in [5.74, 6) is 0.114. The maximum Gasteiger partial charge on any atom is 0.164 e. The third-order valence-corrected chi connectivity index (χ3v) is 0.998. The van der Waals surface area contributed by atoms with Gasteiger partial charge in [-0.2, -0.15) is 0 Å². The molecule has 0 fully saturated rings. The van der Waals surface area contributed by atoms with Crippen LogP contribution in [-0.2, 0) is 4.79 Å². The number of carbonyl (C=O) groups is 1. The highest BCUT2D eigenvalue weighted by Gasteiger charge is 1.95. The molecule has 0 aromatic heterocycles. The first-order valence-electron chi connectivity index (χ1n) is 2.71. The Labute approximate surface area is 59.6 Å². The number of Topliss-reactive ketones (excluding diaryl/α,β-unsaturated/α-hetero) is 1. The highest BCUT2D eigenvalue weighted by atomic mass is 32.1. The van der Waals surface area contributed by atoms with Crippen molar-refractivity contribution < 1.29 is 4.79 Å². The quantitative estimate of drug-likeness (QED) is 0.541. The van der Waals surface area contributed by atoms with E-state index in [1.807, 2.05) is 0 Å². The number of thiocarbonyl (C=S) groups is 1. The topological polar surface area (TPSA) is 55.1 Å². The fourth-order valence-electron chi connectivity index (χ4n) is 0.311. The van der Waals surface area contributed by atoms with E-state index in [1.54, 1.807) is 6.92 Å². The second-order valence-electron chi connectivity index (χ2n) is 1.61. The highest BCUT2D eigenvalue weighted by Crippen LogP contribution is 1.75. The average Bonchev–Trinajstić information content (AvgIpc) is 1.83. The Balaban J connectivity index is 3.28. The van der Waals surface area contributed by atoms with Gasteiger partial charge in [-0.25, -0.2) is 0 Å². The average molecular weight is 146 g/mol. The summed E-state index contributed by atoms with van der Waals surface area (Å²) in [6.45, 7) is 2.05. The zero-order valence-electron chi connectivity index (χ0n) is 5.31. The Kier molecular flexibility index (Phi) is 3.96. The summed E-state index contributed by atoms with van der Waals surface area (Å²) in [6.07, 6.45) is 0.523. The van der Waals surface area contributed by atoms with E-state index < -0.39 is 0 Å². The molecule has 0 heterocycles. The first kappa shape index (κ1) is 8.36. The Bertz CT molecular complexity index is 124. The third kappa shape index (κ3) is 5.23. The zero-order chi connectivity index (χ0) is 7.28. The molecule has 0 spiro atoms. The zero-order valence-corrected chi connectivity index (χ0v) is 6.12. The molecule has 0 radical (unpaired) electrons. The summed E-state index contributed by atoms with van der Waals surface area (Å²) < 4.78 is 0. The first-order chi connectivity index (χ1) is 4.16. The maximum atomic E-state index is 10.5. The van der Waals surface area contributed by atoms with Crippen molar-refractivity contribution in [2.45, 2.75) is 13.3 Å². The second-order valence-corrected chi connectivity index (χ2v) is 2.05. The molecule has 0 aromatic rings. The molecule has 0 saturated carbocycles. The van der Waals surface area contributed by atoms with Crippen LogP contribution in [0.3, 0.4) is 0 Å². The summed E-state index contributed by atoms with van der Waals surface area (Å²) in [4.78, 5) is 10.5. The van der Waals surface area contributed by atoms with Crippen molar-refractivity contribution in [1.82, 2.24) is 5.32 Å². The first-order valence-corrected chi connectivity index (χ1v) is 3.12. The highest BCUT2D eigenvalue weighted by molar-refractivity contribution is 7.80. The molecule has 0 saturated heterocycles. The van der Waals surface area contributed by atoms with Crippen molar-refractivity contribution in [2.75, 3.05) is 6.54 Å². The van der Waals surface area contributed by atoms with Gasteiger partial charge in [-0.05, 0) is 12.2 Å². The largest absolute Gasteiger partial charge is 0.376 e. The smallest absolute Gasteiger partial charge is 0.164 e. The van der Waals surface area contributed by atoms with Crippen LogP contribution >= 0.6 is 12.2 Å². The molecule has 0 unspecified atom stereocenters. The van der Waals surface area contributed by atoms with E-state index in [0.29, 0.717) is 6.42 Å². The standard InChI is InChI=1S/C5H10N2OS/c1-2-4(8)3-7-5(6)9/h2-3H2,1H3,(H3,6,7,9). The lowest BCUT2D eigenvalue weighted by Gasteiger charge is -1.98. The molecule has 0 aliphatic carbocycles. The number of nitrogens with one attached hydrogen (secondary N) is 1. The van der Waals surface area contributed by atoms with E-state index in [0.717, 1.165) is 0 Å². The number of hydrogen-bond acceptors (Lipinski definition) is 2. The molecule has 0 aromatic carbocycles. The lowest BCUT2D eigenvalue weighted by Crippen LogP contribution is -2.33. The van der Waals surface area contributed by atoms with E-state index in [9.17, 15) is 4.79 Å². The maximum absolute atomic E-state index is 10.5. The van der Waals surface area contributed by atoms with E-state index in [1.165, 1.54) is 0 Å². The van der Waals surface area contributed by atoms with Crippen LogP contribution in [0.1, 0.15) is 13.3 Å². The van der Waals surface area contributed by atoms with Crippen LogP contribution in [0.15, 0.2) is 0 Å². The molecule has 9 heavy (non-hydrogen) atoms. The van der Waals surface area contributed by atoms with Gasteiger partial charge in [0.1, 0.15) is 0 Å². The molecule has 0 amide bonds. The van der Waals surface area contributed by atoms with Gasteiger partial charge in [0.05, 0.1) is 6.54 Å². The minimum absolute atomic E-state index is 0.114. The molecule has 0 rings (SSSR count). The van der Waals surface area contributed by atoms with Crippen molar-refractivity contribution in [3.8, 4) is 0 Å². The molecule has 4 heteroatoms. The normalized spacial score (nSPS) is 8.56. The summed E-state index contributed by atoms with van der Waals surface area (Å²) in [5.41, 5.74) is 5.06. The number of ketones is 1. The number of carbonyl (C=O) groups excluding carboxylic acids is 1. The van der Waals surface area contributed by atoms with Gasteiger partial charge in [-0.1, -0.05) is 6.92 Å². The van der Waals surface area contributed by atoms with Crippen LogP contribution in [-0.4, -0.2) is 17.4 Å². The van der Waals surface area contributed by atoms with Crippen LogP contribution in [0.25, 0.3) is 0 Å². The second kappa shape index (κ2) is 4.26. The van der Waals surface area contributed by atoms with Gasteiger partial charge in [-0.3, -0.25) is 4.79 Å². The minimum Gasteiger partial charge on any atom is -0.376 e. The van der Waals surface area contributed by atoms with Crippen LogP contribution in [0.2, 0.25) is 0 Å². The molecule has 3 nitrogen and oxygen atoms in total. The van der Waals surface area contributed by atoms with E-state index >= 15 is 0 Å². The molecule has 0 aliphatic rings. The molecule has 0 aliphatic heterocycles. The van der Waals surface area contributed by atoms with Gasteiger partial charge in [0, 0.05) is 6.42 Å². The Morgan fingerprint density at radius 3 is 2.67 bits per heavy atom. The molecule has 3 N–H and O–H groups in total. The van der Waals surface area contributed by atoms with Gasteiger partial charge in [0.25, 0.3) is 0 Å². The van der Waals surface area contributed by atoms with Crippen molar-refractivity contribution in [3.05, 3.63) is 0 Å². The van der Waals surface area contributed by atoms with Crippen LogP contribution in [0.4, 0.5) is 0 Å². The summed E-state index contributed by atoms with van der Waals surface area (Å²) in [5, 5.41) is 2.73. The summed E-state index contributed by atoms with van der Waals surface area (Å²) in [6, 6.07) is 0. The lowest BCUT2D eigenvalue weighted by molar-refractivity contribution is -0.117. The lowest BCUT2D eigenvalue weighted by atomic mass is 10.3. The Morgan fingerprint density at radius 1 is 1.78 bits per heavy atom. The minimum atomic E-state index is 0.114. The fourth-order valence-corrected chi connectivity index (χ4v) is 0.383. The van der Waals surface area contributed by atoms with Crippen molar-refractivity contribution in [1.29, 1.82) is 0 Å². The third-order valence-electron chi connectivity index (χ3n) is 0.854. The number of hydrogen-bond donors (Lipinski definition) is 2. The predicted octanol–water partition coefficient (Wildman–Crippen LogP) is -0.201. The van der Waals surface area contributed by atoms with E-state index in [4.69, 9.17) is 5.73 Å². The molecule has 52 valence electrons. The molecule has 0 atom stereocenters. The number of nitrogens with two attached hydrogens (primary N) is 1. The van der Waals surface area contributed by atoms with Crippen molar-refractivity contribution in [2.24, 2.45) is 5.73 Å². The fraction of sp³-hybridized carbons (Fsp3) is 0.600. The monoisotopic (exact) mass is 146 g/mol. The van der Waals surface area contributed by atoms with Crippen LogP contribution in [0, 0.1) is 0 Å².